The van der Waals surface area contributed by atoms with Crippen LogP contribution in [0.15, 0.2) is 36.5 Å². The predicted octanol–water partition coefficient (Wildman–Crippen LogP) is 4.08. The molecule has 0 aliphatic carbocycles. The van der Waals surface area contributed by atoms with Gasteiger partial charge >= 0.3 is 0 Å². The molecule has 0 aliphatic heterocycles. The summed E-state index contributed by atoms with van der Waals surface area (Å²) in [4.78, 5) is 4.67. The van der Waals surface area contributed by atoms with E-state index in [2.05, 4.69) is 4.98 Å². The number of pyridine rings is 1. The first-order valence-corrected chi connectivity index (χ1v) is 6.99. The van der Waals surface area contributed by atoms with Crippen LogP contribution in [0.5, 0.6) is 0 Å². The first-order chi connectivity index (χ1) is 9.60. The number of aryl methyl sites for hydroxylation is 1. The van der Waals surface area contributed by atoms with E-state index in [-0.39, 0.29) is 0 Å². The van der Waals surface area contributed by atoms with Gasteiger partial charge in [0, 0.05) is 18.3 Å². The quantitative estimate of drug-likeness (QED) is 0.775. The van der Waals surface area contributed by atoms with Crippen molar-refractivity contribution >= 4 is 28.8 Å². The standard InChI is InChI=1S/C15H13Cl2N3/c1-9-4-5-20-13(8-18)15(19-14(20)6-9)10-2-3-11(16)12(17)7-10/h2-7H,8,18H2,1H3. The Kier molecular flexibility index (Phi) is 3.42. The number of benzene rings is 1. The molecule has 2 heterocycles. The number of fused-ring (bicyclic) bond motifs is 1. The van der Waals surface area contributed by atoms with Gasteiger partial charge in [-0.1, -0.05) is 29.3 Å². The summed E-state index contributed by atoms with van der Waals surface area (Å²) in [6.07, 6.45) is 1.99. The Bertz CT molecular complexity index is 793. The van der Waals surface area contributed by atoms with Crippen molar-refractivity contribution in [3.05, 3.63) is 57.8 Å². The van der Waals surface area contributed by atoms with Crippen LogP contribution in [0.1, 0.15) is 11.3 Å². The Hall–Kier alpha value is -1.55. The number of rotatable bonds is 2. The number of nitrogens with two attached hydrogens (primary N) is 1. The molecule has 2 aromatic heterocycles. The largest absolute Gasteiger partial charge is 0.325 e. The number of aromatic nitrogens is 2. The Morgan fingerprint density at radius 3 is 2.65 bits per heavy atom. The smallest absolute Gasteiger partial charge is 0.137 e. The van der Waals surface area contributed by atoms with Gasteiger partial charge in [-0.05, 0) is 36.8 Å². The van der Waals surface area contributed by atoms with Crippen molar-refractivity contribution in [2.75, 3.05) is 0 Å². The van der Waals surface area contributed by atoms with E-state index in [9.17, 15) is 0 Å². The van der Waals surface area contributed by atoms with Crippen LogP contribution < -0.4 is 5.73 Å². The summed E-state index contributed by atoms with van der Waals surface area (Å²) in [6.45, 7) is 2.44. The maximum absolute atomic E-state index is 6.09. The lowest BCUT2D eigenvalue weighted by atomic mass is 10.1. The molecule has 20 heavy (non-hydrogen) atoms. The third kappa shape index (κ3) is 2.18. The minimum Gasteiger partial charge on any atom is -0.325 e. The highest BCUT2D eigenvalue weighted by Gasteiger charge is 2.13. The maximum Gasteiger partial charge on any atom is 0.137 e. The second-order valence-corrected chi connectivity index (χ2v) is 5.49. The summed E-state index contributed by atoms with van der Waals surface area (Å²) in [5, 5.41) is 1.05. The number of imidazole rings is 1. The molecule has 0 fully saturated rings. The first kappa shape index (κ1) is 13.4. The fourth-order valence-corrected chi connectivity index (χ4v) is 2.57. The van der Waals surface area contributed by atoms with E-state index >= 15 is 0 Å². The molecule has 3 nitrogen and oxygen atoms in total. The zero-order valence-electron chi connectivity index (χ0n) is 10.9. The van der Waals surface area contributed by atoms with Gasteiger partial charge in [-0.25, -0.2) is 4.98 Å². The molecule has 1 aromatic carbocycles. The molecule has 0 amide bonds. The molecule has 2 N–H and O–H groups in total. The molecule has 102 valence electrons. The van der Waals surface area contributed by atoms with Crippen molar-refractivity contribution in [1.82, 2.24) is 9.38 Å². The van der Waals surface area contributed by atoms with Crippen molar-refractivity contribution in [3.8, 4) is 11.3 Å². The zero-order chi connectivity index (χ0) is 14.3. The Morgan fingerprint density at radius 2 is 1.95 bits per heavy atom. The Morgan fingerprint density at radius 1 is 1.15 bits per heavy atom. The van der Waals surface area contributed by atoms with Gasteiger partial charge in [-0.2, -0.15) is 0 Å². The van der Waals surface area contributed by atoms with Crippen molar-refractivity contribution in [2.45, 2.75) is 13.5 Å². The molecule has 0 atom stereocenters. The van der Waals surface area contributed by atoms with Crippen LogP contribution in [0.2, 0.25) is 10.0 Å². The number of hydrogen-bond acceptors (Lipinski definition) is 2. The van der Waals surface area contributed by atoms with E-state index in [1.54, 1.807) is 6.07 Å². The van der Waals surface area contributed by atoms with E-state index in [1.165, 1.54) is 0 Å². The third-order valence-electron chi connectivity index (χ3n) is 3.27. The summed E-state index contributed by atoms with van der Waals surface area (Å²) in [7, 11) is 0. The second-order valence-electron chi connectivity index (χ2n) is 4.67. The van der Waals surface area contributed by atoms with Gasteiger partial charge in [0.15, 0.2) is 0 Å². The molecule has 0 aliphatic rings. The molecule has 3 rings (SSSR count). The van der Waals surface area contributed by atoms with Gasteiger partial charge in [-0.15, -0.1) is 0 Å². The van der Waals surface area contributed by atoms with Crippen LogP contribution in [-0.4, -0.2) is 9.38 Å². The number of nitrogens with zero attached hydrogens (tertiary/aromatic N) is 2. The topological polar surface area (TPSA) is 43.3 Å². The minimum atomic E-state index is 0.403. The fourth-order valence-electron chi connectivity index (χ4n) is 2.27. The molecule has 5 heteroatoms. The zero-order valence-corrected chi connectivity index (χ0v) is 12.4. The minimum absolute atomic E-state index is 0.403. The molecule has 3 aromatic rings. The van der Waals surface area contributed by atoms with Gasteiger partial charge in [0.1, 0.15) is 5.65 Å². The molecule has 0 saturated carbocycles. The molecule has 0 radical (unpaired) electrons. The van der Waals surface area contributed by atoms with Crippen molar-refractivity contribution in [3.63, 3.8) is 0 Å². The van der Waals surface area contributed by atoms with Crippen molar-refractivity contribution < 1.29 is 0 Å². The normalized spacial score (nSPS) is 11.2. The lowest BCUT2D eigenvalue weighted by Crippen LogP contribution is -2.02. The van der Waals surface area contributed by atoms with Crippen LogP contribution >= 0.6 is 23.2 Å². The van der Waals surface area contributed by atoms with Gasteiger partial charge < -0.3 is 10.1 Å². The summed E-state index contributed by atoms with van der Waals surface area (Å²) >= 11 is 12.0. The van der Waals surface area contributed by atoms with Gasteiger partial charge in [0.05, 0.1) is 21.4 Å². The lowest BCUT2D eigenvalue weighted by Gasteiger charge is -2.04. The van der Waals surface area contributed by atoms with E-state index < -0.39 is 0 Å². The molecule has 0 bridgehead atoms. The molecule has 0 unspecified atom stereocenters. The Balaban J connectivity index is 2.26. The van der Waals surface area contributed by atoms with Crippen LogP contribution in [0.3, 0.4) is 0 Å². The van der Waals surface area contributed by atoms with E-state index in [1.807, 2.05) is 41.8 Å². The highest BCUT2D eigenvalue weighted by Crippen LogP contribution is 2.30. The van der Waals surface area contributed by atoms with E-state index in [4.69, 9.17) is 28.9 Å². The van der Waals surface area contributed by atoms with Crippen LogP contribution in [-0.2, 0) is 6.54 Å². The van der Waals surface area contributed by atoms with Crippen LogP contribution in [0, 0.1) is 6.92 Å². The SMILES string of the molecule is Cc1ccn2c(CN)c(-c3ccc(Cl)c(Cl)c3)nc2c1. The third-order valence-corrected chi connectivity index (χ3v) is 4.01. The molecule has 0 saturated heterocycles. The van der Waals surface area contributed by atoms with Crippen LogP contribution in [0.25, 0.3) is 16.9 Å². The van der Waals surface area contributed by atoms with Gasteiger partial charge in [0.2, 0.25) is 0 Å². The average Bonchev–Trinajstić information content (AvgIpc) is 2.79. The van der Waals surface area contributed by atoms with E-state index in [0.717, 1.165) is 28.2 Å². The summed E-state index contributed by atoms with van der Waals surface area (Å²) in [5.74, 6) is 0. The highest BCUT2D eigenvalue weighted by molar-refractivity contribution is 6.42. The monoisotopic (exact) mass is 305 g/mol. The van der Waals surface area contributed by atoms with E-state index in [0.29, 0.717) is 16.6 Å². The number of hydrogen-bond donors (Lipinski definition) is 1. The van der Waals surface area contributed by atoms with Crippen molar-refractivity contribution in [2.24, 2.45) is 5.73 Å². The maximum atomic E-state index is 6.09. The number of halogens is 2. The molecular formula is C15H13Cl2N3. The molecule has 0 spiro atoms. The highest BCUT2D eigenvalue weighted by atomic mass is 35.5. The van der Waals surface area contributed by atoms with Gasteiger partial charge in [-0.3, -0.25) is 0 Å². The van der Waals surface area contributed by atoms with Crippen LogP contribution in [0.4, 0.5) is 0 Å². The summed E-state index contributed by atoms with van der Waals surface area (Å²) in [5.41, 5.74) is 10.6. The first-order valence-electron chi connectivity index (χ1n) is 6.23. The summed E-state index contributed by atoms with van der Waals surface area (Å²) < 4.78 is 2.00. The molecular weight excluding hydrogens is 293 g/mol. The average molecular weight is 306 g/mol. The Labute approximate surface area is 127 Å². The predicted molar refractivity (Wildman–Crippen MR) is 83.3 cm³/mol. The van der Waals surface area contributed by atoms with Gasteiger partial charge in [0.25, 0.3) is 0 Å². The lowest BCUT2D eigenvalue weighted by molar-refractivity contribution is 0.960. The second kappa shape index (κ2) is 5.09. The van der Waals surface area contributed by atoms with Crippen molar-refractivity contribution in [1.29, 1.82) is 0 Å². The summed E-state index contributed by atoms with van der Waals surface area (Å²) in [6, 6.07) is 9.56. The fraction of sp³-hybridized carbons (Fsp3) is 0.133.